The molecule has 0 heterocycles. The maximum atomic E-state index is 12.8. The van der Waals surface area contributed by atoms with E-state index in [1.54, 1.807) is 0 Å². The lowest BCUT2D eigenvalue weighted by molar-refractivity contribution is -0.170. The maximum absolute atomic E-state index is 12.8. The van der Waals surface area contributed by atoms with Crippen molar-refractivity contribution in [3.63, 3.8) is 0 Å². The van der Waals surface area contributed by atoms with E-state index in [9.17, 15) is 38.4 Å². The molecule has 0 spiro atoms. The van der Waals surface area contributed by atoms with Crippen LogP contribution in [0.15, 0.2) is 72.9 Å². The van der Waals surface area contributed by atoms with E-state index in [0.29, 0.717) is 0 Å². The molecule has 0 saturated heterocycles. The van der Waals surface area contributed by atoms with Gasteiger partial charge in [-0.15, -0.1) is 0 Å². The minimum absolute atomic E-state index is 0.0570. The van der Waals surface area contributed by atoms with Crippen LogP contribution in [0.2, 0.25) is 0 Å². The van der Waals surface area contributed by atoms with Crippen LogP contribution in [0.25, 0.3) is 0 Å². The molecule has 0 radical (unpaired) electrons. The summed E-state index contributed by atoms with van der Waals surface area (Å²) in [7, 11) is 0. The number of rotatable bonds is 27. The molecule has 0 bridgehead atoms. The summed E-state index contributed by atoms with van der Waals surface area (Å²) in [5, 5.41) is 0. The van der Waals surface area contributed by atoms with Crippen LogP contribution < -0.4 is 0 Å². The molecule has 0 aliphatic rings. The fourth-order valence-electron chi connectivity index (χ4n) is 3.70. The second kappa shape index (κ2) is 24.6. The van der Waals surface area contributed by atoms with Gasteiger partial charge in [0.2, 0.25) is 0 Å². The van der Waals surface area contributed by atoms with Gasteiger partial charge in [-0.25, -0.2) is 28.8 Å². The van der Waals surface area contributed by atoms with Crippen molar-refractivity contribution in [2.24, 2.45) is 10.8 Å². The van der Waals surface area contributed by atoms with E-state index in [-0.39, 0.29) is 59.1 Å². The topological polar surface area (TPSA) is 210 Å². The highest BCUT2D eigenvalue weighted by Gasteiger charge is 2.39. The summed E-state index contributed by atoms with van der Waals surface area (Å²) in [5.41, 5.74) is -2.73. The highest BCUT2D eigenvalue weighted by atomic mass is 16.6. The summed E-state index contributed by atoms with van der Waals surface area (Å²) in [4.78, 5) is 99.0. The van der Waals surface area contributed by atoms with Crippen molar-refractivity contribution in [2.45, 2.75) is 67.2 Å². The molecule has 0 fully saturated rings. The molecule has 0 aromatic heterocycles. The fourth-order valence-corrected chi connectivity index (χ4v) is 3.70. The van der Waals surface area contributed by atoms with Gasteiger partial charge >= 0.3 is 47.8 Å². The lowest BCUT2D eigenvalue weighted by Gasteiger charge is -2.31. The van der Waals surface area contributed by atoms with E-state index in [1.165, 1.54) is 41.5 Å². The smallest absolute Gasteiger partial charge is 0.333 e. The molecule has 0 aromatic rings. The van der Waals surface area contributed by atoms with Gasteiger partial charge in [-0.05, 0) is 54.4 Å². The lowest BCUT2D eigenvalue weighted by atomic mass is 9.92. The third-order valence-corrected chi connectivity index (χ3v) is 7.24. The summed E-state index contributed by atoms with van der Waals surface area (Å²) >= 11 is 0. The Morgan fingerprint density at radius 1 is 0.321 bits per heavy atom. The predicted octanol–water partition coefficient (Wildman–Crippen LogP) is 4.32. The van der Waals surface area contributed by atoms with Gasteiger partial charge in [0, 0.05) is 46.3 Å². The molecular weight excluding hydrogens is 736 g/mol. The molecule has 310 valence electrons. The van der Waals surface area contributed by atoms with Crippen molar-refractivity contribution in [3.05, 3.63) is 72.9 Å². The molecule has 16 nitrogen and oxygen atoms in total. The van der Waals surface area contributed by atoms with E-state index < -0.39 is 111 Å². The first kappa shape index (κ1) is 50.2. The molecule has 56 heavy (non-hydrogen) atoms. The lowest BCUT2D eigenvalue weighted by Crippen LogP contribution is -2.44. The summed E-state index contributed by atoms with van der Waals surface area (Å²) in [6.07, 6.45) is -0.121. The molecule has 0 saturated carbocycles. The summed E-state index contributed by atoms with van der Waals surface area (Å²) < 4.78 is 42.5. The molecule has 0 aliphatic carbocycles. The first-order valence-corrected chi connectivity index (χ1v) is 17.2. The molecule has 0 aromatic carbocycles. The van der Waals surface area contributed by atoms with Gasteiger partial charge in [0.25, 0.3) is 0 Å². The number of esters is 8. The largest absolute Gasteiger partial charge is 0.465 e. The average Bonchev–Trinajstić information content (AvgIpc) is 3.13. The number of hydrogen-bond donors (Lipinski definition) is 0. The Morgan fingerprint density at radius 3 is 0.643 bits per heavy atom. The number of carbonyl (C=O) groups excluding carboxylic acids is 8. The van der Waals surface area contributed by atoms with Crippen LogP contribution in [-0.4, -0.2) is 101 Å². The van der Waals surface area contributed by atoms with Gasteiger partial charge in [-0.2, -0.15) is 0 Å². The number of unbranched alkanes of at least 4 members (excludes halogenated alkanes) is 1. The summed E-state index contributed by atoms with van der Waals surface area (Å²) in [5.74, 6) is -6.27. The molecule has 0 N–H and O–H groups in total. The Morgan fingerprint density at radius 2 is 0.482 bits per heavy atom. The molecule has 0 unspecified atom stereocenters. The van der Waals surface area contributed by atoms with Crippen LogP contribution in [0.4, 0.5) is 0 Å². The minimum Gasteiger partial charge on any atom is -0.465 e. The Bertz CT molecular complexity index is 1320. The van der Waals surface area contributed by atoms with Crippen molar-refractivity contribution in [3.8, 4) is 0 Å². The Balaban J connectivity index is 5.76. The highest BCUT2D eigenvalue weighted by Crippen LogP contribution is 2.25. The van der Waals surface area contributed by atoms with Crippen molar-refractivity contribution in [2.75, 3.05) is 52.9 Å². The van der Waals surface area contributed by atoms with Crippen LogP contribution in [0.1, 0.15) is 67.2 Å². The molecule has 0 amide bonds. The zero-order chi connectivity index (χ0) is 43.2. The molecule has 0 rings (SSSR count). The summed E-state index contributed by atoms with van der Waals surface area (Å²) in [6.45, 7) is 25.5. The van der Waals surface area contributed by atoms with E-state index in [4.69, 9.17) is 37.9 Å². The molecule has 0 atom stereocenters. The Hall–Kier alpha value is -5.80. The number of hydrogen-bond acceptors (Lipinski definition) is 16. The third kappa shape index (κ3) is 20.0. The van der Waals surface area contributed by atoms with E-state index >= 15 is 0 Å². The van der Waals surface area contributed by atoms with Crippen LogP contribution in [-0.2, 0) is 76.3 Å². The second-order valence-corrected chi connectivity index (χ2v) is 13.7. The van der Waals surface area contributed by atoms with Crippen LogP contribution in [0.5, 0.6) is 0 Å². The average molecular weight is 791 g/mol. The number of carbonyl (C=O) groups is 8. The van der Waals surface area contributed by atoms with Gasteiger partial charge in [0.05, 0.1) is 0 Å². The standard InChI is InChI=1S/C40H54O16/c1-25(2)33(43)51-19-39(20-52-34(44)26(3)4,21-53-35(45)27(5)6)17-49-31(41)15-13-14-16-32(42)50-18-40(22-54-36(46)28(7)8,23-55-37(47)29(9)10)24-56-38(48)30(11)12/h1,3,5,7,9,11,13-24H2,2,4,6,8,10,12H3. The van der Waals surface area contributed by atoms with Gasteiger partial charge < -0.3 is 37.9 Å². The van der Waals surface area contributed by atoms with Crippen molar-refractivity contribution < 1.29 is 76.3 Å². The first-order valence-electron chi connectivity index (χ1n) is 17.2. The van der Waals surface area contributed by atoms with Gasteiger partial charge in [0.1, 0.15) is 63.7 Å². The quantitative estimate of drug-likeness (QED) is 0.0491. The van der Waals surface area contributed by atoms with Crippen molar-refractivity contribution in [1.82, 2.24) is 0 Å². The maximum Gasteiger partial charge on any atom is 0.333 e. The summed E-state index contributed by atoms with van der Waals surface area (Å²) in [6, 6.07) is 0. The van der Waals surface area contributed by atoms with Crippen LogP contribution in [0.3, 0.4) is 0 Å². The fraction of sp³-hybridized carbons (Fsp3) is 0.500. The van der Waals surface area contributed by atoms with Gasteiger partial charge in [-0.3, -0.25) is 9.59 Å². The zero-order valence-electron chi connectivity index (χ0n) is 33.3. The van der Waals surface area contributed by atoms with Crippen molar-refractivity contribution >= 4 is 47.8 Å². The predicted molar refractivity (Wildman–Crippen MR) is 200 cm³/mol. The zero-order valence-corrected chi connectivity index (χ0v) is 33.3. The van der Waals surface area contributed by atoms with E-state index in [2.05, 4.69) is 39.5 Å². The van der Waals surface area contributed by atoms with E-state index in [0.717, 1.165) is 0 Å². The SMILES string of the molecule is C=C(C)C(=O)OCC(COC(=O)CCCCC(=O)OCC(COC(=O)C(=C)C)(COC(=O)C(=C)C)COC(=O)C(=C)C)(COC(=O)C(=C)C)COC(=O)C(=C)C. The first-order chi connectivity index (χ1) is 26.0. The normalized spacial score (nSPS) is 10.8. The minimum atomic E-state index is -1.54. The highest BCUT2D eigenvalue weighted by molar-refractivity contribution is 5.89. The van der Waals surface area contributed by atoms with E-state index in [1.807, 2.05) is 0 Å². The molecule has 0 aliphatic heterocycles. The Kier molecular flexibility index (Phi) is 22.0. The monoisotopic (exact) mass is 790 g/mol. The number of ether oxygens (including phenoxy) is 8. The second-order valence-electron chi connectivity index (χ2n) is 13.7. The van der Waals surface area contributed by atoms with Crippen LogP contribution in [0, 0.1) is 10.8 Å². The van der Waals surface area contributed by atoms with Crippen molar-refractivity contribution in [1.29, 1.82) is 0 Å². The van der Waals surface area contributed by atoms with Gasteiger partial charge in [0.15, 0.2) is 0 Å². The third-order valence-electron chi connectivity index (χ3n) is 7.24. The molecular formula is C40H54O16. The Labute approximate surface area is 327 Å². The van der Waals surface area contributed by atoms with Gasteiger partial charge in [-0.1, -0.05) is 39.5 Å². The molecule has 16 heteroatoms. The van der Waals surface area contributed by atoms with Crippen LogP contribution >= 0.6 is 0 Å².